The molecule has 2 unspecified atom stereocenters. The molecule has 0 spiro atoms. The predicted molar refractivity (Wildman–Crippen MR) is 85.4 cm³/mol. The maximum atomic E-state index is 11.1. The Labute approximate surface area is 136 Å². The zero-order valence-electron chi connectivity index (χ0n) is 11.3. The highest BCUT2D eigenvalue weighted by atomic mass is 35.5. The lowest BCUT2D eigenvalue weighted by molar-refractivity contribution is -0.515. The molecule has 0 aliphatic carbocycles. The standard InChI is InChI=1S/C10H18Cl2N2O4S2/c1-3-5-7-9(11,13(15)16)19-20-10(12,14(17)18)8-6-4-2/h3-8H2,1-2H3. The normalized spacial score (nSPS) is 17.2. The molecule has 0 heterocycles. The summed E-state index contributed by atoms with van der Waals surface area (Å²) in [6, 6.07) is 0. The summed E-state index contributed by atoms with van der Waals surface area (Å²) in [5, 5.41) is 22.1. The summed E-state index contributed by atoms with van der Waals surface area (Å²) in [6.07, 6.45) is 2.92. The number of rotatable bonds is 11. The number of hydrogen-bond donors (Lipinski definition) is 0. The third-order valence-corrected chi connectivity index (χ3v) is 7.39. The second kappa shape index (κ2) is 9.17. The first-order valence-corrected chi connectivity index (χ1v) is 9.16. The van der Waals surface area contributed by atoms with E-state index in [4.69, 9.17) is 23.2 Å². The van der Waals surface area contributed by atoms with Crippen molar-refractivity contribution in [3.8, 4) is 0 Å². The molecule has 6 nitrogen and oxygen atoms in total. The maximum absolute atomic E-state index is 11.1. The van der Waals surface area contributed by atoms with Gasteiger partial charge in [-0.25, -0.2) is 0 Å². The van der Waals surface area contributed by atoms with E-state index >= 15 is 0 Å². The molecule has 0 amide bonds. The Bertz CT molecular complexity index is 319. The second-order valence-corrected chi connectivity index (χ2v) is 8.65. The molecule has 0 N–H and O–H groups in total. The summed E-state index contributed by atoms with van der Waals surface area (Å²) < 4.78 is -3.55. The van der Waals surface area contributed by atoms with E-state index in [0.717, 1.165) is 12.8 Å². The van der Waals surface area contributed by atoms with Gasteiger partial charge in [-0.05, 0) is 36.0 Å². The van der Waals surface area contributed by atoms with Gasteiger partial charge in [0.05, 0.1) is 9.85 Å². The van der Waals surface area contributed by atoms with Gasteiger partial charge in [-0.1, -0.05) is 26.7 Å². The van der Waals surface area contributed by atoms with Crippen LogP contribution in [-0.2, 0) is 0 Å². The third kappa shape index (κ3) is 6.24. The first-order valence-electron chi connectivity index (χ1n) is 6.25. The molecule has 0 radical (unpaired) electrons. The fourth-order valence-electron chi connectivity index (χ4n) is 1.24. The fourth-order valence-corrected chi connectivity index (χ4v) is 4.54. The lowest BCUT2D eigenvalue weighted by atomic mass is 10.2. The van der Waals surface area contributed by atoms with Crippen LogP contribution in [0.25, 0.3) is 0 Å². The predicted octanol–water partition coefficient (Wildman–Crippen LogP) is 5.09. The number of nitrogens with zero attached hydrogens (tertiary/aromatic N) is 2. The fraction of sp³-hybridized carbons (Fsp3) is 1.00. The van der Waals surface area contributed by atoms with Gasteiger partial charge in [0.25, 0.3) is 0 Å². The average molecular weight is 365 g/mol. The average Bonchev–Trinajstić information content (AvgIpc) is 2.40. The van der Waals surface area contributed by atoms with Crippen LogP contribution in [0.1, 0.15) is 52.4 Å². The molecule has 0 rings (SSSR count). The molecule has 0 aromatic carbocycles. The molecule has 2 atom stereocenters. The van der Waals surface area contributed by atoms with Crippen molar-refractivity contribution >= 4 is 44.8 Å². The molecule has 0 aliphatic rings. The quantitative estimate of drug-likeness (QED) is 0.127. The van der Waals surface area contributed by atoms with Gasteiger partial charge in [-0.15, -0.1) is 0 Å². The number of nitro groups is 2. The molecule has 20 heavy (non-hydrogen) atoms. The second-order valence-electron chi connectivity index (χ2n) is 4.27. The third-order valence-electron chi connectivity index (χ3n) is 2.52. The zero-order valence-corrected chi connectivity index (χ0v) is 14.5. The minimum Gasteiger partial charge on any atom is -0.262 e. The van der Waals surface area contributed by atoms with Crippen molar-refractivity contribution < 1.29 is 9.85 Å². The van der Waals surface area contributed by atoms with Gasteiger partial charge in [0.1, 0.15) is 0 Å². The van der Waals surface area contributed by atoms with Crippen molar-refractivity contribution in [3.05, 3.63) is 20.2 Å². The number of hydrogen-bond acceptors (Lipinski definition) is 6. The van der Waals surface area contributed by atoms with Gasteiger partial charge >= 0.3 is 8.66 Å². The molecule has 118 valence electrons. The van der Waals surface area contributed by atoms with Crippen molar-refractivity contribution in [1.29, 1.82) is 0 Å². The Morgan fingerprint density at radius 2 is 1.20 bits per heavy atom. The van der Waals surface area contributed by atoms with E-state index in [-0.39, 0.29) is 12.8 Å². The molecule has 0 bridgehead atoms. The van der Waals surface area contributed by atoms with Crippen LogP contribution in [0.3, 0.4) is 0 Å². The summed E-state index contributed by atoms with van der Waals surface area (Å²) in [6.45, 7) is 3.78. The van der Waals surface area contributed by atoms with Crippen molar-refractivity contribution in [2.24, 2.45) is 0 Å². The minimum atomic E-state index is -1.77. The summed E-state index contributed by atoms with van der Waals surface area (Å²) >= 11 is 11.9. The van der Waals surface area contributed by atoms with E-state index in [0.29, 0.717) is 34.4 Å². The van der Waals surface area contributed by atoms with E-state index in [2.05, 4.69) is 0 Å². The Hall–Kier alpha value is 0.0800. The number of unbranched alkanes of at least 4 members (excludes halogenated alkanes) is 2. The molecule has 0 fully saturated rings. The van der Waals surface area contributed by atoms with Crippen LogP contribution in [0.15, 0.2) is 0 Å². The summed E-state index contributed by atoms with van der Waals surface area (Å²) in [5.41, 5.74) is 0. The van der Waals surface area contributed by atoms with Crippen LogP contribution < -0.4 is 0 Å². The first-order chi connectivity index (χ1) is 9.22. The molecule has 0 saturated carbocycles. The van der Waals surface area contributed by atoms with Crippen molar-refractivity contribution in [1.82, 2.24) is 0 Å². The molecular formula is C10H18Cl2N2O4S2. The molecule has 0 aliphatic heterocycles. The van der Waals surface area contributed by atoms with E-state index in [9.17, 15) is 20.2 Å². The van der Waals surface area contributed by atoms with Crippen LogP contribution in [0.2, 0.25) is 0 Å². The number of alkyl halides is 2. The maximum Gasteiger partial charge on any atom is 0.351 e. The lowest BCUT2D eigenvalue weighted by Crippen LogP contribution is -2.31. The van der Waals surface area contributed by atoms with Crippen molar-refractivity contribution in [3.63, 3.8) is 0 Å². The molecule has 0 aromatic heterocycles. The van der Waals surface area contributed by atoms with Crippen LogP contribution in [0.4, 0.5) is 0 Å². The highest BCUT2D eigenvalue weighted by molar-refractivity contribution is 8.78. The first kappa shape index (κ1) is 20.1. The topological polar surface area (TPSA) is 86.3 Å². The van der Waals surface area contributed by atoms with Crippen LogP contribution >= 0.6 is 44.8 Å². The van der Waals surface area contributed by atoms with Gasteiger partial charge in [0.15, 0.2) is 0 Å². The van der Waals surface area contributed by atoms with Gasteiger partial charge in [-0.3, -0.25) is 20.2 Å². The van der Waals surface area contributed by atoms with Crippen molar-refractivity contribution in [2.75, 3.05) is 0 Å². The van der Waals surface area contributed by atoms with E-state index < -0.39 is 18.5 Å². The Morgan fingerprint density at radius 1 is 0.900 bits per heavy atom. The minimum absolute atomic E-state index is 0.133. The summed E-state index contributed by atoms with van der Waals surface area (Å²) in [7, 11) is 1.33. The SMILES string of the molecule is CCCCC(Cl)(SSC(Cl)(CCCC)[N+](=O)[O-])[N+](=O)[O-]. The smallest absolute Gasteiger partial charge is 0.262 e. The molecule has 10 heteroatoms. The van der Waals surface area contributed by atoms with Gasteiger partial charge in [-0.2, -0.15) is 0 Å². The highest BCUT2D eigenvalue weighted by Crippen LogP contribution is 2.52. The monoisotopic (exact) mass is 364 g/mol. The Morgan fingerprint density at radius 3 is 1.40 bits per heavy atom. The Kier molecular flexibility index (Phi) is 9.21. The van der Waals surface area contributed by atoms with Gasteiger partial charge in [0, 0.05) is 34.4 Å². The summed E-state index contributed by atoms with van der Waals surface area (Å²) in [4.78, 5) is 20.9. The van der Waals surface area contributed by atoms with Gasteiger partial charge < -0.3 is 0 Å². The molecular weight excluding hydrogens is 347 g/mol. The number of halogens is 2. The summed E-state index contributed by atoms with van der Waals surface area (Å²) in [5.74, 6) is 0. The molecule has 0 saturated heterocycles. The van der Waals surface area contributed by atoms with E-state index in [1.54, 1.807) is 0 Å². The largest absolute Gasteiger partial charge is 0.351 e. The van der Waals surface area contributed by atoms with Gasteiger partial charge in [0.2, 0.25) is 0 Å². The Balaban J connectivity index is 4.79. The van der Waals surface area contributed by atoms with E-state index in [1.807, 2.05) is 13.8 Å². The zero-order chi connectivity index (χ0) is 15.8. The van der Waals surface area contributed by atoms with Crippen LogP contribution in [0, 0.1) is 20.2 Å². The van der Waals surface area contributed by atoms with Crippen LogP contribution in [0.5, 0.6) is 0 Å². The van der Waals surface area contributed by atoms with Crippen LogP contribution in [-0.4, -0.2) is 18.5 Å². The van der Waals surface area contributed by atoms with Crippen molar-refractivity contribution in [2.45, 2.75) is 61.0 Å². The molecule has 0 aromatic rings. The van der Waals surface area contributed by atoms with E-state index in [1.165, 1.54) is 0 Å². The highest BCUT2D eigenvalue weighted by Gasteiger charge is 2.49. The lowest BCUT2D eigenvalue weighted by Gasteiger charge is -2.21.